The first kappa shape index (κ1) is 13.8. The number of nitrogens with zero attached hydrogens (tertiary/aromatic N) is 2. The zero-order chi connectivity index (χ0) is 15.4. The molecule has 4 nitrogen and oxygen atoms in total. The molecule has 4 rings (SSSR count). The van der Waals surface area contributed by atoms with Gasteiger partial charge in [-0.25, -0.2) is 4.98 Å². The van der Waals surface area contributed by atoms with Crippen LogP contribution < -0.4 is 11.5 Å². The van der Waals surface area contributed by atoms with E-state index in [0.29, 0.717) is 5.82 Å². The van der Waals surface area contributed by atoms with Gasteiger partial charge in [0.1, 0.15) is 5.82 Å². The van der Waals surface area contributed by atoms with Gasteiger partial charge in [-0.1, -0.05) is 24.3 Å². The van der Waals surface area contributed by atoms with E-state index < -0.39 is 0 Å². The first-order chi connectivity index (χ1) is 10.7. The molecule has 2 aromatic heterocycles. The molecule has 22 heavy (non-hydrogen) atoms. The van der Waals surface area contributed by atoms with Crippen LogP contribution in [0.5, 0.6) is 0 Å². The molecule has 0 saturated heterocycles. The number of hydrogen-bond acceptors (Lipinski definition) is 4. The highest BCUT2D eigenvalue weighted by Crippen LogP contribution is 2.17. The zero-order valence-electron chi connectivity index (χ0n) is 12.0. The summed E-state index contributed by atoms with van der Waals surface area (Å²) in [6.07, 6.45) is 1.77. The molecule has 0 unspecified atom stereocenters. The normalized spacial score (nSPS) is 10.2. The average molecular weight is 288 g/mol. The quantitative estimate of drug-likeness (QED) is 0.484. The van der Waals surface area contributed by atoms with Crippen LogP contribution in [0, 0.1) is 0 Å². The van der Waals surface area contributed by atoms with E-state index in [2.05, 4.69) is 9.97 Å². The Hall–Kier alpha value is -3.14. The lowest BCUT2D eigenvalue weighted by Crippen LogP contribution is -1.88. The van der Waals surface area contributed by atoms with E-state index in [1.165, 1.54) is 0 Å². The monoisotopic (exact) mass is 288 g/mol. The van der Waals surface area contributed by atoms with Gasteiger partial charge in [0.15, 0.2) is 0 Å². The van der Waals surface area contributed by atoms with Gasteiger partial charge >= 0.3 is 0 Å². The van der Waals surface area contributed by atoms with Crippen molar-refractivity contribution in [2.75, 3.05) is 11.5 Å². The minimum Gasteiger partial charge on any atom is -0.398 e. The molecule has 2 aromatic carbocycles. The highest BCUT2D eigenvalue weighted by atomic mass is 14.8. The van der Waals surface area contributed by atoms with Crippen molar-refractivity contribution in [3.63, 3.8) is 0 Å². The molecule has 0 amide bonds. The minimum absolute atomic E-state index is 0.573. The highest BCUT2D eigenvalue weighted by Gasteiger charge is 1.94. The van der Waals surface area contributed by atoms with Crippen LogP contribution in [0.25, 0.3) is 21.8 Å². The number of anilines is 2. The number of fused-ring (bicyclic) bond motifs is 2. The summed E-state index contributed by atoms with van der Waals surface area (Å²) in [7, 11) is 0. The highest BCUT2D eigenvalue weighted by molar-refractivity contribution is 5.89. The van der Waals surface area contributed by atoms with Crippen LogP contribution in [0.4, 0.5) is 11.5 Å². The van der Waals surface area contributed by atoms with E-state index in [1.807, 2.05) is 66.7 Å². The fraction of sp³-hybridized carbons (Fsp3) is 0. The van der Waals surface area contributed by atoms with E-state index in [1.54, 1.807) is 6.20 Å². The Kier molecular flexibility index (Phi) is 3.83. The Balaban J connectivity index is 0.000000131. The molecule has 0 bridgehead atoms. The molecule has 0 radical (unpaired) electrons. The summed E-state index contributed by atoms with van der Waals surface area (Å²) in [5.74, 6) is 0.573. The van der Waals surface area contributed by atoms with Crippen LogP contribution in [0.1, 0.15) is 0 Å². The molecular weight excluding hydrogens is 272 g/mol. The summed E-state index contributed by atoms with van der Waals surface area (Å²) in [4.78, 5) is 8.32. The van der Waals surface area contributed by atoms with Crippen molar-refractivity contribution in [1.29, 1.82) is 0 Å². The van der Waals surface area contributed by atoms with Gasteiger partial charge in [-0.05, 0) is 42.5 Å². The maximum atomic E-state index is 5.72. The van der Waals surface area contributed by atoms with E-state index >= 15 is 0 Å². The van der Waals surface area contributed by atoms with Crippen molar-refractivity contribution >= 4 is 33.3 Å². The lowest BCUT2D eigenvalue weighted by molar-refractivity contribution is 1.41. The van der Waals surface area contributed by atoms with Crippen LogP contribution in [0.3, 0.4) is 0 Å². The summed E-state index contributed by atoms with van der Waals surface area (Å²) in [6.45, 7) is 0. The van der Waals surface area contributed by atoms with Gasteiger partial charge in [-0.3, -0.25) is 4.98 Å². The van der Waals surface area contributed by atoms with Crippen molar-refractivity contribution in [3.05, 3.63) is 72.9 Å². The second-order valence-electron chi connectivity index (χ2n) is 4.85. The molecule has 108 valence electrons. The predicted octanol–water partition coefficient (Wildman–Crippen LogP) is 3.63. The topological polar surface area (TPSA) is 77.8 Å². The van der Waals surface area contributed by atoms with E-state index in [4.69, 9.17) is 11.5 Å². The van der Waals surface area contributed by atoms with Gasteiger partial charge in [0.2, 0.25) is 0 Å². The summed E-state index contributed by atoms with van der Waals surface area (Å²) >= 11 is 0. The first-order valence-electron chi connectivity index (χ1n) is 6.94. The van der Waals surface area contributed by atoms with Crippen LogP contribution in [-0.4, -0.2) is 9.97 Å². The second-order valence-corrected chi connectivity index (χ2v) is 4.85. The Morgan fingerprint density at radius 3 is 2.36 bits per heavy atom. The van der Waals surface area contributed by atoms with Gasteiger partial charge in [0, 0.05) is 22.7 Å². The summed E-state index contributed by atoms with van der Waals surface area (Å²) in [6, 6.07) is 21.3. The number of nitrogens with two attached hydrogens (primary N) is 2. The number of rotatable bonds is 0. The van der Waals surface area contributed by atoms with Gasteiger partial charge in [0.05, 0.1) is 11.0 Å². The van der Waals surface area contributed by atoms with Crippen molar-refractivity contribution in [1.82, 2.24) is 9.97 Å². The molecule has 2 heterocycles. The summed E-state index contributed by atoms with van der Waals surface area (Å²) in [5.41, 5.74) is 13.9. The maximum Gasteiger partial charge on any atom is 0.124 e. The average Bonchev–Trinajstić information content (AvgIpc) is 2.56. The molecule has 0 fully saturated rings. The van der Waals surface area contributed by atoms with E-state index in [-0.39, 0.29) is 0 Å². The number of pyridine rings is 2. The number of hydrogen-bond donors (Lipinski definition) is 2. The van der Waals surface area contributed by atoms with Crippen molar-refractivity contribution < 1.29 is 0 Å². The van der Waals surface area contributed by atoms with Crippen LogP contribution in [0.2, 0.25) is 0 Å². The molecule has 0 aliphatic rings. The SMILES string of the molecule is Nc1ccc2ccccc2n1.Nc1cccc2ncccc12. The molecule has 0 atom stereocenters. The van der Waals surface area contributed by atoms with E-state index in [0.717, 1.165) is 27.5 Å². The smallest absolute Gasteiger partial charge is 0.124 e. The Bertz CT molecular complexity index is 907. The van der Waals surface area contributed by atoms with Gasteiger partial charge < -0.3 is 11.5 Å². The first-order valence-corrected chi connectivity index (χ1v) is 6.94. The molecule has 0 spiro atoms. The molecule has 4 heteroatoms. The third kappa shape index (κ3) is 2.96. The lowest BCUT2D eigenvalue weighted by atomic mass is 10.2. The van der Waals surface area contributed by atoms with Crippen molar-refractivity contribution in [2.24, 2.45) is 0 Å². The lowest BCUT2D eigenvalue weighted by Gasteiger charge is -1.97. The number of nitrogen functional groups attached to an aromatic ring is 2. The van der Waals surface area contributed by atoms with E-state index in [9.17, 15) is 0 Å². The number of benzene rings is 2. The molecule has 0 aliphatic carbocycles. The minimum atomic E-state index is 0.573. The van der Waals surface area contributed by atoms with Gasteiger partial charge in [0.25, 0.3) is 0 Å². The largest absolute Gasteiger partial charge is 0.398 e. The molecule has 0 aliphatic heterocycles. The number of aromatic nitrogens is 2. The summed E-state index contributed by atoms with van der Waals surface area (Å²) in [5, 5.41) is 2.15. The third-order valence-electron chi connectivity index (χ3n) is 3.30. The molecular formula is C18H16N4. The Morgan fingerprint density at radius 2 is 1.50 bits per heavy atom. The Morgan fingerprint density at radius 1 is 0.682 bits per heavy atom. The second kappa shape index (κ2) is 6.10. The maximum absolute atomic E-state index is 5.72. The van der Waals surface area contributed by atoms with Crippen molar-refractivity contribution in [2.45, 2.75) is 0 Å². The fourth-order valence-electron chi connectivity index (χ4n) is 2.21. The molecule has 4 aromatic rings. The van der Waals surface area contributed by atoms with Gasteiger partial charge in [-0.15, -0.1) is 0 Å². The predicted molar refractivity (Wildman–Crippen MR) is 92.3 cm³/mol. The zero-order valence-corrected chi connectivity index (χ0v) is 12.0. The Labute approximate surface area is 128 Å². The fourth-order valence-corrected chi connectivity index (χ4v) is 2.21. The third-order valence-corrected chi connectivity index (χ3v) is 3.30. The summed E-state index contributed by atoms with van der Waals surface area (Å²) < 4.78 is 0. The van der Waals surface area contributed by atoms with Gasteiger partial charge in [-0.2, -0.15) is 0 Å². The van der Waals surface area contributed by atoms with Crippen LogP contribution in [-0.2, 0) is 0 Å². The molecule has 4 N–H and O–H groups in total. The van der Waals surface area contributed by atoms with Crippen LogP contribution in [0.15, 0.2) is 72.9 Å². The standard InChI is InChI=1S/2C9H8N2/c10-8-4-1-5-9-7(8)3-2-6-11-9;10-9-6-5-7-3-1-2-4-8(7)11-9/h1-6H,10H2;1-6H,(H2,10,11). The van der Waals surface area contributed by atoms with Crippen LogP contribution >= 0.6 is 0 Å². The van der Waals surface area contributed by atoms with Crippen molar-refractivity contribution in [3.8, 4) is 0 Å². The molecule has 0 saturated carbocycles. The number of para-hydroxylation sites is 1.